The fourth-order valence-corrected chi connectivity index (χ4v) is 5.31. The predicted molar refractivity (Wildman–Crippen MR) is 163 cm³/mol. The molecule has 0 spiro atoms. The third kappa shape index (κ3) is 10.6. The average Bonchev–Trinajstić information content (AvgIpc) is 3.20. The van der Waals surface area contributed by atoms with Gasteiger partial charge in [0.2, 0.25) is 0 Å². The van der Waals surface area contributed by atoms with Gasteiger partial charge in [0, 0.05) is 6.07 Å². The molecule has 1 heterocycles. The van der Waals surface area contributed by atoms with Gasteiger partial charge in [0.25, 0.3) is 11.8 Å². The average molecular weight is 550 g/mol. The Bertz CT molecular complexity index is 959. The molecular formula is C35H51NO4. The third-order valence-corrected chi connectivity index (χ3v) is 7.69. The topological polar surface area (TPSA) is 55.8 Å². The molecule has 0 unspecified atom stereocenters. The van der Waals surface area contributed by atoms with Crippen LogP contribution in [0.1, 0.15) is 143 Å². The van der Waals surface area contributed by atoms with Gasteiger partial charge in [-0.05, 0) is 42.7 Å². The van der Waals surface area contributed by atoms with Crippen molar-refractivity contribution < 1.29 is 19.1 Å². The van der Waals surface area contributed by atoms with Crippen LogP contribution in [0.2, 0.25) is 0 Å². The lowest BCUT2D eigenvalue weighted by molar-refractivity contribution is 0.0642. The first-order chi connectivity index (χ1) is 19.6. The highest BCUT2D eigenvalue weighted by Crippen LogP contribution is 2.28. The zero-order chi connectivity index (χ0) is 28.4. The number of benzene rings is 2. The van der Waals surface area contributed by atoms with Crippen LogP contribution in [0, 0.1) is 0 Å². The van der Waals surface area contributed by atoms with E-state index in [0.29, 0.717) is 24.3 Å². The van der Waals surface area contributed by atoms with Crippen molar-refractivity contribution in [2.75, 3.05) is 13.2 Å². The fourth-order valence-electron chi connectivity index (χ4n) is 5.31. The summed E-state index contributed by atoms with van der Waals surface area (Å²) in [5.74, 6) is 0.991. The summed E-state index contributed by atoms with van der Waals surface area (Å²) in [4.78, 5) is 27.2. The van der Waals surface area contributed by atoms with E-state index in [2.05, 4.69) is 13.8 Å². The van der Waals surface area contributed by atoms with Crippen molar-refractivity contribution in [1.82, 2.24) is 4.90 Å². The number of hydrogen-bond acceptors (Lipinski definition) is 4. The number of fused-ring (bicyclic) bond motifs is 1. The second-order valence-corrected chi connectivity index (χ2v) is 11.2. The van der Waals surface area contributed by atoms with Crippen LogP contribution in [0.3, 0.4) is 0 Å². The zero-order valence-electron chi connectivity index (χ0n) is 25.1. The molecule has 2 aromatic rings. The van der Waals surface area contributed by atoms with E-state index in [1.165, 1.54) is 94.8 Å². The highest BCUT2D eigenvalue weighted by molar-refractivity contribution is 6.21. The molecule has 0 atom stereocenters. The number of unbranched alkanes of at least 4 members (excludes halogenated alkanes) is 14. The highest BCUT2D eigenvalue weighted by Gasteiger charge is 2.35. The van der Waals surface area contributed by atoms with Crippen LogP contribution in [0.5, 0.6) is 11.5 Å². The van der Waals surface area contributed by atoms with E-state index in [1.807, 2.05) is 18.2 Å². The molecule has 40 heavy (non-hydrogen) atoms. The first kappa shape index (κ1) is 31.7. The molecule has 1 aliphatic heterocycles. The number of carbonyl (C=O) groups excluding carboxylic acids is 2. The molecule has 2 amide bonds. The maximum atomic E-state index is 12.9. The summed E-state index contributed by atoms with van der Waals surface area (Å²) < 4.78 is 12.3. The Hall–Kier alpha value is -2.82. The summed E-state index contributed by atoms with van der Waals surface area (Å²) in [5.41, 5.74) is 1.79. The van der Waals surface area contributed by atoms with Gasteiger partial charge in [-0.25, -0.2) is 0 Å². The van der Waals surface area contributed by atoms with Crippen LogP contribution in [0.25, 0.3) is 0 Å². The van der Waals surface area contributed by atoms with E-state index in [-0.39, 0.29) is 18.4 Å². The van der Waals surface area contributed by atoms with Gasteiger partial charge >= 0.3 is 0 Å². The number of imide groups is 1. The summed E-state index contributed by atoms with van der Waals surface area (Å²) in [6.45, 7) is 6.01. The monoisotopic (exact) mass is 549 g/mol. The molecule has 0 bridgehead atoms. The SMILES string of the molecule is CCCCCCCCCCOc1cc(CN2C(=O)c3ccccc3C2=O)cc(OCCCCCCCCCC)c1. The molecule has 0 aromatic heterocycles. The summed E-state index contributed by atoms with van der Waals surface area (Å²) in [6.07, 6.45) is 20.0. The van der Waals surface area contributed by atoms with E-state index in [9.17, 15) is 9.59 Å². The molecule has 0 N–H and O–H groups in total. The molecule has 0 fully saturated rings. The van der Waals surface area contributed by atoms with Gasteiger partial charge in [-0.2, -0.15) is 0 Å². The van der Waals surface area contributed by atoms with Gasteiger partial charge in [0.05, 0.1) is 30.9 Å². The van der Waals surface area contributed by atoms with Crippen LogP contribution in [0.4, 0.5) is 0 Å². The minimum Gasteiger partial charge on any atom is -0.493 e. The minimum absolute atomic E-state index is 0.204. The van der Waals surface area contributed by atoms with Gasteiger partial charge in [0.15, 0.2) is 0 Å². The van der Waals surface area contributed by atoms with Crippen molar-refractivity contribution in [1.29, 1.82) is 0 Å². The molecule has 0 saturated carbocycles. The van der Waals surface area contributed by atoms with Crippen molar-refractivity contribution >= 4 is 11.8 Å². The molecule has 1 aliphatic rings. The Morgan fingerprint density at radius 1 is 0.550 bits per heavy atom. The number of carbonyl (C=O) groups is 2. The Kier molecular flexibility index (Phi) is 14.7. The third-order valence-electron chi connectivity index (χ3n) is 7.69. The van der Waals surface area contributed by atoms with Crippen molar-refractivity contribution in [3.05, 3.63) is 59.2 Å². The number of nitrogens with zero attached hydrogens (tertiary/aromatic N) is 1. The standard InChI is InChI=1S/C35H51NO4/c1-3-5-7-9-11-13-15-19-23-39-30-25-29(28-36-34(37)32-21-17-18-22-33(32)35(36)38)26-31(27-30)40-24-20-16-14-12-10-8-6-4-2/h17-18,21-22,25-27H,3-16,19-20,23-24,28H2,1-2H3. The number of ether oxygens (including phenoxy) is 2. The first-order valence-corrected chi connectivity index (χ1v) is 16.0. The highest BCUT2D eigenvalue weighted by atomic mass is 16.5. The molecule has 0 aliphatic carbocycles. The zero-order valence-corrected chi connectivity index (χ0v) is 25.1. The summed E-state index contributed by atoms with van der Waals surface area (Å²) in [6, 6.07) is 12.9. The van der Waals surface area contributed by atoms with Crippen molar-refractivity contribution in [2.45, 2.75) is 123 Å². The molecule has 2 aromatic carbocycles. The van der Waals surface area contributed by atoms with Crippen LogP contribution in [-0.2, 0) is 6.54 Å². The van der Waals surface area contributed by atoms with E-state index in [1.54, 1.807) is 24.3 Å². The van der Waals surface area contributed by atoms with E-state index in [4.69, 9.17) is 9.47 Å². The van der Waals surface area contributed by atoms with E-state index < -0.39 is 0 Å². The number of hydrogen-bond donors (Lipinski definition) is 0. The fraction of sp³-hybridized carbons (Fsp3) is 0.600. The van der Waals surface area contributed by atoms with Gasteiger partial charge in [-0.3, -0.25) is 14.5 Å². The molecular weight excluding hydrogens is 498 g/mol. The van der Waals surface area contributed by atoms with E-state index >= 15 is 0 Å². The van der Waals surface area contributed by atoms with Crippen LogP contribution >= 0.6 is 0 Å². The van der Waals surface area contributed by atoms with Crippen LogP contribution in [0.15, 0.2) is 42.5 Å². The smallest absolute Gasteiger partial charge is 0.261 e. The predicted octanol–water partition coefficient (Wildman–Crippen LogP) is 9.52. The van der Waals surface area contributed by atoms with Gasteiger partial charge in [0.1, 0.15) is 11.5 Å². The summed E-state index contributed by atoms with van der Waals surface area (Å²) >= 11 is 0. The van der Waals surface area contributed by atoms with Gasteiger partial charge in [-0.15, -0.1) is 0 Å². The largest absolute Gasteiger partial charge is 0.493 e. The Morgan fingerprint density at radius 2 is 0.950 bits per heavy atom. The Morgan fingerprint density at radius 3 is 1.38 bits per heavy atom. The normalized spacial score (nSPS) is 12.7. The number of rotatable bonds is 22. The second kappa shape index (κ2) is 18.5. The molecule has 220 valence electrons. The molecule has 5 nitrogen and oxygen atoms in total. The Balaban J connectivity index is 1.53. The minimum atomic E-state index is -0.243. The van der Waals surface area contributed by atoms with Crippen molar-refractivity contribution in [3.63, 3.8) is 0 Å². The van der Waals surface area contributed by atoms with Gasteiger partial charge < -0.3 is 9.47 Å². The summed E-state index contributed by atoms with van der Waals surface area (Å²) in [5, 5.41) is 0. The lowest BCUT2D eigenvalue weighted by Crippen LogP contribution is -2.29. The molecule has 5 heteroatoms. The van der Waals surface area contributed by atoms with Crippen molar-refractivity contribution in [3.8, 4) is 11.5 Å². The van der Waals surface area contributed by atoms with E-state index in [0.717, 1.165) is 29.9 Å². The maximum Gasteiger partial charge on any atom is 0.261 e. The lowest BCUT2D eigenvalue weighted by atomic mass is 10.1. The second-order valence-electron chi connectivity index (χ2n) is 11.2. The molecule has 3 rings (SSSR count). The number of amides is 2. The summed E-state index contributed by atoms with van der Waals surface area (Å²) in [7, 11) is 0. The maximum absolute atomic E-state index is 12.9. The molecule has 0 saturated heterocycles. The Labute approximate surface area is 242 Å². The molecule has 0 radical (unpaired) electrons. The van der Waals surface area contributed by atoms with Crippen molar-refractivity contribution in [2.24, 2.45) is 0 Å². The lowest BCUT2D eigenvalue weighted by Gasteiger charge is -2.17. The van der Waals surface area contributed by atoms with Crippen LogP contribution < -0.4 is 9.47 Å². The van der Waals surface area contributed by atoms with Gasteiger partial charge in [-0.1, -0.05) is 116 Å². The van der Waals surface area contributed by atoms with Crippen LogP contribution in [-0.4, -0.2) is 29.9 Å². The first-order valence-electron chi connectivity index (χ1n) is 16.0. The quantitative estimate of drug-likeness (QED) is 0.108.